The summed E-state index contributed by atoms with van der Waals surface area (Å²) < 4.78 is 65.9. The first-order valence-electron chi connectivity index (χ1n) is 6.45. The molecule has 1 aliphatic heterocycles. The van der Waals surface area contributed by atoms with Crippen LogP contribution in [0.3, 0.4) is 0 Å². The van der Waals surface area contributed by atoms with Gasteiger partial charge in [0.1, 0.15) is 6.67 Å². The average Bonchev–Trinajstić information content (AvgIpc) is 2.44. The number of aromatic hydroxyl groups is 1. The van der Waals surface area contributed by atoms with E-state index in [-0.39, 0.29) is 24.8 Å². The molecule has 1 heterocycles. The van der Waals surface area contributed by atoms with Crippen LogP contribution >= 0.6 is 24.8 Å². The van der Waals surface area contributed by atoms with Crippen molar-refractivity contribution in [3.63, 3.8) is 0 Å². The third-order valence-electron chi connectivity index (χ3n) is 3.54. The molecule has 0 amide bonds. The molecule has 1 saturated heterocycles. The van der Waals surface area contributed by atoms with Crippen molar-refractivity contribution in [3.05, 3.63) is 29.1 Å². The molecule has 1 aromatic carbocycles. The highest BCUT2D eigenvalue weighted by atomic mass is 35.5. The molecule has 3 nitrogen and oxygen atoms in total. The molecule has 0 aromatic heterocycles. The van der Waals surface area contributed by atoms with Gasteiger partial charge in [-0.15, -0.1) is 24.8 Å². The van der Waals surface area contributed by atoms with Gasteiger partial charge in [-0.3, -0.25) is 4.90 Å². The molecular formula is C13H17Cl2F5N2O. The highest BCUT2D eigenvalue weighted by molar-refractivity contribution is 5.85. The van der Waals surface area contributed by atoms with Gasteiger partial charge in [0, 0.05) is 31.7 Å². The van der Waals surface area contributed by atoms with Crippen LogP contribution in [0.2, 0.25) is 0 Å². The topological polar surface area (TPSA) is 35.5 Å². The third-order valence-corrected chi connectivity index (χ3v) is 3.54. The zero-order valence-corrected chi connectivity index (χ0v) is 13.5. The van der Waals surface area contributed by atoms with Crippen molar-refractivity contribution < 1.29 is 27.1 Å². The second-order valence-corrected chi connectivity index (χ2v) is 4.81. The molecule has 0 radical (unpaired) electrons. The number of rotatable bonds is 3. The minimum absolute atomic E-state index is 0. The van der Waals surface area contributed by atoms with Crippen LogP contribution in [0, 0.1) is 5.82 Å². The zero-order valence-electron chi connectivity index (χ0n) is 11.9. The minimum Gasteiger partial charge on any atom is -0.505 e. The van der Waals surface area contributed by atoms with Gasteiger partial charge in [0.15, 0.2) is 11.6 Å². The van der Waals surface area contributed by atoms with Crippen LogP contribution in [0.4, 0.5) is 22.0 Å². The summed E-state index contributed by atoms with van der Waals surface area (Å²) in [6, 6.07) is -0.247. The molecule has 0 bridgehead atoms. The Bertz CT molecular complexity index is 510. The Morgan fingerprint density at radius 3 is 2.22 bits per heavy atom. The summed E-state index contributed by atoms with van der Waals surface area (Å²) in [5.74, 6) is -2.32. The molecule has 0 saturated carbocycles. The van der Waals surface area contributed by atoms with Crippen molar-refractivity contribution >= 4 is 24.8 Å². The van der Waals surface area contributed by atoms with Gasteiger partial charge < -0.3 is 10.4 Å². The van der Waals surface area contributed by atoms with E-state index in [2.05, 4.69) is 5.32 Å². The lowest BCUT2D eigenvalue weighted by molar-refractivity contribution is -0.139. The van der Waals surface area contributed by atoms with Gasteiger partial charge in [-0.2, -0.15) is 13.2 Å². The van der Waals surface area contributed by atoms with E-state index >= 15 is 0 Å². The molecule has 10 heteroatoms. The van der Waals surface area contributed by atoms with Crippen molar-refractivity contribution in [2.45, 2.75) is 12.2 Å². The largest absolute Gasteiger partial charge is 0.505 e. The summed E-state index contributed by atoms with van der Waals surface area (Å²) in [4.78, 5) is 1.47. The number of benzene rings is 1. The monoisotopic (exact) mass is 382 g/mol. The van der Waals surface area contributed by atoms with Gasteiger partial charge in [0.25, 0.3) is 0 Å². The normalized spacial score (nSPS) is 17.1. The van der Waals surface area contributed by atoms with Gasteiger partial charge in [-0.1, -0.05) is 0 Å². The maximum atomic E-state index is 13.4. The number of nitrogens with one attached hydrogen (secondary N) is 1. The van der Waals surface area contributed by atoms with Gasteiger partial charge in [0.2, 0.25) is 0 Å². The van der Waals surface area contributed by atoms with Gasteiger partial charge in [0.05, 0.1) is 11.6 Å². The fourth-order valence-corrected chi connectivity index (χ4v) is 2.52. The molecular weight excluding hydrogens is 366 g/mol. The zero-order chi connectivity index (χ0) is 15.6. The van der Waals surface area contributed by atoms with Crippen LogP contribution in [0.1, 0.15) is 17.2 Å². The average molecular weight is 383 g/mol. The lowest BCUT2D eigenvalue weighted by atomic mass is 9.97. The second kappa shape index (κ2) is 8.86. The van der Waals surface area contributed by atoms with Crippen LogP contribution < -0.4 is 5.32 Å². The lowest BCUT2D eigenvalue weighted by Gasteiger charge is -2.35. The maximum Gasteiger partial charge on any atom is 0.416 e. The van der Waals surface area contributed by atoms with E-state index < -0.39 is 41.6 Å². The molecule has 2 rings (SSSR count). The standard InChI is InChI=1S/C13H15F5N2O.2ClH/c14-7-10(20-5-3-19-4-6-20)11-8(13(16,17)18)1-2-9(15)12(11)21;;/h1-2,10,19,21H,3-7H2;2*1H/t10-;;/m0../s1. The first-order valence-corrected chi connectivity index (χ1v) is 6.45. The number of nitrogens with zero attached hydrogens (tertiary/aromatic N) is 1. The van der Waals surface area contributed by atoms with E-state index in [9.17, 15) is 27.1 Å². The third kappa shape index (κ3) is 4.82. The van der Waals surface area contributed by atoms with Crippen molar-refractivity contribution in [1.82, 2.24) is 10.2 Å². The Labute approximate surface area is 142 Å². The Morgan fingerprint density at radius 1 is 1.17 bits per heavy atom. The van der Waals surface area contributed by atoms with Gasteiger partial charge in [-0.25, -0.2) is 8.78 Å². The van der Waals surface area contributed by atoms with Crippen molar-refractivity contribution in [3.8, 4) is 5.75 Å². The van der Waals surface area contributed by atoms with Crippen molar-refractivity contribution in [2.75, 3.05) is 32.9 Å². The molecule has 1 fully saturated rings. The fraction of sp³-hybridized carbons (Fsp3) is 0.538. The number of alkyl halides is 4. The summed E-state index contributed by atoms with van der Waals surface area (Å²) in [5, 5.41) is 12.7. The number of hydrogen-bond acceptors (Lipinski definition) is 3. The number of phenols is 1. The predicted molar refractivity (Wildman–Crippen MR) is 80.7 cm³/mol. The highest BCUT2D eigenvalue weighted by Crippen LogP contribution is 2.42. The molecule has 134 valence electrons. The molecule has 0 unspecified atom stereocenters. The molecule has 2 N–H and O–H groups in total. The molecule has 23 heavy (non-hydrogen) atoms. The smallest absolute Gasteiger partial charge is 0.416 e. The van der Waals surface area contributed by atoms with Crippen molar-refractivity contribution in [2.24, 2.45) is 0 Å². The first kappa shape index (κ1) is 22.2. The first-order chi connectivity index (χ1) is 9.86. The van der Waals surface area contributed by atoms with Crippen LogP contribution in [0.25, 0.3) is 0 Å². The Morgan fingerprint density at radius 2 is 1.74 bits per heavy atom. The van der Waals surface area contributed by atoms with Crippen LogP contribution in [-0.2, 0) is 6.18 Å². The van der Waals surface area contributed by atoms with E-state index in [1.165, 1.54) is 4.90 Å². The van der Waals surface area contributed by atoms with E-state index in [4.69, 9.17) is 0 Å². The van der Waals surface area contributed by atoms with E-state index in [0.717, 1.165) is 0 Å². The SMILES string of the molecule is Cl.Cl.Oc1c(F)ccc(C(F)(F)F)c1[C@H](CF)N1CCNCC1. The maximum absolute atomic E-state index is 13.4. The highest BCUT2D eigenvalue weighted by Gasteiger charge is 2.39. The van der Waals surface area contributed by atoms with Gasteiger partial charge >= 0.3 is 6.18 Å². The lowest BCUT2D eigenvalue weighted by Crippen LogP contribution is -2.46. The molecule has 1 aliphatic rings. The summed E-state index contributed by atoms with van der Waals surface area (Å²) in [7, 11) is 0. The summed E-state index contributed by atoms with van der Waals surface area (Å²) in [5.41, 5.74) is -1.94. The van der Waals surface area contributed by atoms with Crippen LogP contribution in [0.5, 0.6) is 5.75 Å². The fourth-order valence-electron chi connectivity index (χ4n) is 2.52. The Hall–Kier alpha value is -0.830. The quantitative estimate of drug-likeness (QED) is 0.787. The Kier molecular flexibility index (Phi) is 8.54. The minimum atomic E-state index is -4.79. The summed E-state index contributed by atoms with van der Waals surface area (Å²) in [6.45, 7) is 0.492. The van der Waals surface area contributed by atoms with Gasteiger partial charge in [-0.05, 0) is 12.1 Å². The molecule has 0 spiro atoms. The molecule has 0 aliphatic carbocycles. The number of piperazine rings is 1. The summed E-state index contributed by atoms with van der Waals surface area (Å²) >= 11 is 0. The van der Waals surface area contributed by atoms with E-state index in [0.29, 0.717) is 38.3 Å². The predicted octanol–water partition coefficient (Wildman–Crippen LogP) is 3.31. The van der Waals surface area contributed by atoms with Crippen LogP contribution in [0.15, 0.2) is 12.1 Å². The number of hydrogen-bond donors (Lipinski definition) is 2. The van der Waals surface area contributed by atoms with E-state index in [1.54, 1.807) is 0 Å². The van der Waals surface area contributed by atoms with Crippen LogP contribution in [-0.4, -0.2) is 42.9 Å². The van der Waals surface area contributed by atoms with E-state index in [1.807, 2.05) is 0 Å². The summed E-state index contributed by atoms with van der Waals surface area (Å²) in [6.07, 6.45) is -4.79. The second-order valence-electron chi connectivity index (χ2n) is 4.81. The van der Waals surface area contributed by atoms with Crippen molar-refractivity contribution in [1.29, 1.82) is 0 Å². The Balaban J connectivity index is 0.00000242. The number of halogens is 7. The molecule has 1 atom stereocenters. The number of phenolic OH excluding ortho intramolecular Hbond substituents is 1. The molecule has 1 aromatic rings.